The molecule has 1 saturated carbocycles. The van der Waals surface area contributed by atoms with Crippen LogP contribution in [0, 0.1) is 0 Å². The van der Waals surface area contributed by atoms with E-state index in [1.54, 1.807) is 22.2 Å². The number of carbonyl (C=O) groups is 2. The summed E-state index contributed by atoms with van der Waals surface area (Å²) in [6, 6.07) is -0.107. The monoisotopic (exact) mass is 479 g/mol. The van der Waals surface area contributed by atoms with Crippen molar-refractivity contribution in [3.63, 3.8) is 0 Å². The van der Waals surface area contributed by atoms with E-state index < -0.39 is 0 Å². The Balaban J connectivity index is 1.26. The third-order valence-corrected chi connectivity index (χ3v) is 8.51. The number of piperazine rings is 1. The molecule has 3 fully saturated rings. The molecule has 1 aromatic rings. The number of anilines is 1. The minimum absolute atomic E-state index is 0.0581. The highest BCUT2D eigenvalue weighted by Gasteiger charge is 2.50. The second-order valence-electron chi connectivity index (χ2n) is 10.7. The molecular weight excluding hydrogens is 442 g/mol. The van der Waals surface area contributed by atoms with Crippen LogP contribution < -0.4 is 10.2 Å². The summed E-state index contributed by atoms with van der Waals surface area (Å²) in [5.74, 6) is 0.0435. The average molecular weight is 480 g/mol. The maximum absolute atomic E-state index is 13.0. The predicted molar refractivity (Wildman–Crippen MR) is 135 cm³/mol. The molecule has 2 saturated heterocycles. The molecule has 188 valence electrons. The topological polar surface area (TPSA) is 84.9 Å². The number of nitrogens with one attached hydrogen (secondary N) is 1. The van der Waals surface area contributed by atoms with E-state index in [0.29, 0.717) is 25.3 Å². The summed E-state index contributed by atoms with van der Waals surface area (Å²) in [7, 11) is 6.41. The van der Waals surface area contributed by atoms with E-state index in [0.717, 1.165) is 51.6 Å². The molecule has 4 aliphatic rings. The summed E-state index contributed by atoms with van der Waals surface area (Å²) in [4.78, 5) is 42.5. The summed E-state index contributed by atoms with van der Waals surface area (Å²) in [5, 5.41) is 3.29. The molecule has 3 heterocycles. The number of allylic oxidation sites excluding steroid dienone is 3. The number of amides is 3. The van der Waals surface area contributed by atoms with Crippen LogP contribution in [0.2, 0.25) is 0 Å². The van der Waals surface area contributed by atoms with Crippen LogP contribution >= 0.6 is 0 Å². The zero-order valence-electron chi connectivity index (χ0n) is 21.2. The normalized spacial score (nSPS) is 29.6. The number of rotatable bonds is 4. The number of hydrogen-bond acceptors (Lipinski definition) is 6. The van der Waals surface area contributed by atoms with Gasteiger partial charge in [-0.15, -0.1) is 0 Å². The Bertz CT molecular complexity index is 1020. The molecule has 9 heteroatoms. The predicted octanol–water partition coefficient (Wildman–Crippen LogP) is 2.28. The van der Waals surface area contributed by atoms with Crippen molar-refractivity contribution in [1.29, 1.82) is 0 Å². The average Bonchev–Trinajstić information content (AvgIpc) is 3.20. The Morgan fingerprint density at radius 1 is 1.06 bits per heavy atom. The lowest BCUT2D eigenvalue weighted by Gasteiger charge is -2.50. The van der Waals surface area contributed by atoms with Crippen molar-refractivity contribution in [2.45, 2.75) is 49.6 Å². The molecule has 9 nitrogen and oxygen atoms in total. The first-order chi connectivity index (χ1) is 16.8. The number of aromatic nitrogens is 2. The third-order valence-electron chi connectivity index (χ3n) is 8.51. The molecule has 0 atom stereocenters. The van der Waals surface area contributed by atoms with E-state index in [1.807, 2.05) is 0 Å². The molecule has 0 unspecified atom stereocenters. The molecule has 1 spiro atoms. The van der Waals surface area contributed by atoms with E-state index in [2.05, 4.69) is 64.5 Å². The number of urea groups is 1. The summed E-state index contributed by atoms with van der Waals surface area (Å²) in [5.41, 5.74) is 1.97. The molecule has 0 radical (unpaired) electrons. The smallest absolute Gasteiger partial charge is 0.322 e. The van der Waals surface area contributed by atoms with Crippen LogP contribution in [0.5, 0.6) is 0 Å². The number of nitrogens with zero attached hydrogens (tertiary/aromatic N) is 6. The van der Waals surface area contributed by atoms with Gasteiger partial charge in [-0.1, -0.05) is 18.2 Å². The van der Waals surface area contributed by atoms with Gasteiger partial charge in [0.25, 0.3) is 5.91 Å². The van der Waals surface area contributed by atoms with Crippen molar-refractivity contribution in [3.8, 4) is 0 Å². The Labute approximate surface area is 207 Å². The van der Waals surface area contributed by atoms with E-state index in [9.17, 15) is 9.59 Å². The van der Waals surface area contributed by atoms with Crippen LogP contribution in [0.25, 0.3) is 0 Å². The van der Waals surface area contributed by atoms with Gasteiger partial charge in [0.15, 0.2) is 0 Å². The molecule has 1 aromatic heterocycles. The van der Waals surface area contributed by atoms with Crippen molar-refractivity contribution in [3.05, 3.63) is 42.0 Å². The summed E-state index contributed by atoms with van der Waals surface area (Å²) < 4.78 is 0. The van der Waals surface area contributed by atoms with E-state index in [-0.39, 0.29) is 28.8 Å². The van der Waals surface area contributed by atoms with E-state index >= 15 is 0 Å². The summed E-state index contributed by atoms with van der Waals surface area (Å²) >= 11 is 0. The van der Waals surface area contributed by atoms with Gasteiger partial charge in [0, 0.05) is 31.7 Å². The van der Waals surface area contributed by atoms with E-state index in [4.69, 9.17) is 0 Å². The number of carbonyl (C=O) groups excluding carboxylic acids is 2. The molecule has 2 aliphatic heterocycles. The lowest BCUT2D eigenvalue weighted by Crippen LogP contribution is -2.56. The van der Waals surface area contributed by atoms with Crippen molar-refractivity contribution < 1.29 is 9.59 Å². The molecular formula is C26H37N7O2. The molecule has 35 heavy (non-hydrogen) atoms. The Kier molecular flexibility index (Phi) is 6.40. The van der Waals surface area contributed by atoms with Gasteiger partial charge in [-0.25, -0.2) is 14.8 Å². The fourth-order valence-corrected chi connectivity index (χ4v) is 6.11. The molecule has 1 N–H and O–H groups in total. The second kappa shape index (κ2) is 9.35. The molecule has 2 aliphatic carbocycles. The van der Waals surface area contributed by atoms with Gasteiger partial charge in [-0.05, 0) is 65.2 Å². The highest BCUT2D eigenvalue weighted by molar-refractivity contribution is 5.95. The zero-order valence-corrected chi connectivity index (χ0v) is 21.2. The zero-order chi connectivity index (χ0) is 24.6. The first-order valence-electron chi connectivity index (χ1n) is 12.8. The fraction of sp³-hybridized carbons (Fsp3) is 0.615. The highest BCUT2D eigenvalue weighted by Crippen LogP contribution is 2.46. The largest absolute Gasteiger partial charge is 0.333 e. The molecule has 0 aromatic carbocycles. The van der Waals surface area contributed by atoms with Crippen molar-refractivity contribution in [2.75, 3.05) is 58.8 Å². The van der Waals surface area contributed by atoms with Gasteiger partial charge >= 0.3 is 6.03 Å². The van der Waals surface area contributed by atoms with Crippen LogP contribution in [0.4, 0.5) is 10.5 Å². The minimum Gasteiger partial charge on any atom is -0.333 e. The van der Waals surface area contributed by atoms with Crippen LogP contribution in [-0.4, -0.2) is 102 Å². The SMILES string of the molecule is CN1CCN(C(=O)c2ncc(N3CC4(CCC(C5=CC=CCC5)(N(C)C)CC4)NC3=O)cn2)CC1. The molecule has 0 bridgehead atoms. The minimum atomic E-state index is -0.240. The standard InChI is InChI=1S/C26H37N7O2/c1-30(2)26(20-7-5-4-6-8-20)11-9-25(10-12-26)19-33(24(35)29-25)21-17-27-22(28-18-21)23(34)32-15-13-31(3)14-16-32/h4-5,7,17-18H,6,8-16,19H2,1-3H3,(H,29,35). The van der Waals surface area contributed by atoms with Gasteiger partial charge in [-0.2, -0.15) is 0 Å². The lowest BCUT2D eigenvalue weighted by molar-refractivity contribution is 0.0651. The Morgan fingerprint density at radius 3 is 2.34 bits per heavy atom. The van der Waals surface area contributed by atoms with Crippen molar-refractivity contribution >= 4 is 17.6 Å². The van der Waals surface area contributed by atoms with Gasteiger partial charge in [0.05, 0.1) is 30.2 Å². The first-order valence-corrected chi connectivity index (χ1v) is 12.8. The second-order valence-corrected chi connectivity index (χ2v) is 10.7. The number of likely N-dealkylation sites (N-methyl/N-ethyl adjacent to an activating group) is 2. The summed E-state index contributed by atoms with van der Waals surface area (Å²) in [6.07, 6.45) is 16.0. The lowest BCUT2D eigenvalue weighted by atomic mass is 9.67. The van der Waals surface area contributed by atoms with Gasteiger partial charge < -0.3 is 15.1 Å². The fourth-order valence-electron chi connectivity index (χ4n) is 6.11. The quantitative estimate of drug-likeness (QED) is 0.713. The Morgan fingerprint density at radius 2 is 1.74 bits per heavy atom. The van der Waals surface area contributed by atoms with Crippen LogP contribution in [0.3, 0.4) is 0 Å². The first kappa shape index (κ1) is 23.9. The van der Waals surface area contributed by atoms with E-state index in [1.165, 1.54) is 5.57 Å². The summed E-state index contributed by atoms with van der Waals surface area (Å²) in [6.45, 7) is 3.66. The third kappa shape index (κ3) is 4.47. The van der Waals surface area contributed by atoms with Gasteiger partial charge in [0.2, 0.25) is 5.82 Å². The Hall–Kier alpha value is -2.78. The number of hydrogen-bond donors (Lipinski definition) is 1. The van der Waals surface area contributed by atoms with Crippen molar-refractivity contribution in [2.24, 2.45) is 0 Å². The molecule has 3 amide bonds. The maximum atomic E-state index is 13.0. The maximum Gasteiger partial charge on any atom is 0.322 e. The van der Waals surface area contributed by atoms with Gasteiger partial charge in [-0.3, -0.25) is 14.6 Å². The van der Waals surface area contributed by atoms with Gasteiger partial charge in [0.1, 0.15) is 0 Å². The molecule has 5 rings (SSSR count). The highest BCUT2D eigenvalue weighted by atomic mass is 16.2. The van der Waals surface area contributed by atoms with Crippen LogP contribution in [0.15, 0.2) is 36.2 Å². The van der Waals surface area contributed by atoms with Crippen LogP contribution in [0.1, 0.15) is 49.1 Å². The van der Waals surface area contributed by atoms with Crippen LogP contribution in [-0.2, 0) is 0 Å². The van der Waals surface area contributed by atoms with Crippen molar-refractivity contribution in [1.82, 2.24) is 30.0 Å².